The lowest BCUT2D eigenvalue weighted by Crippen LogP contribution is -2.46. The number of nitrogen functional groups attached to an aromatic ring is 1. The number of hydrogen-bond donors (Lipinski definition) is 1. The van der Waals surface area contributed by atoms with Crippen LogP contribution in [0.5, 0.6) is 0 Å². The fraction of sp³-hybridized carbons (Fsp3) is 0.333. The number of piperazine rings is 1. The molecule has 0 spiro atoms. The van der Waals surface area contributed by atoms with Gasteiger partial charge in [-0.1, -0.05) is 35.9 Å². The number of nitrogens with two attached hydrogens (primary N) is 1. The maximum absolute atomic E-state index is 6.03. The van der Waals surface area contributed by atoms with Gasteiger partial charge in [0.1, 0.15) is 0 Å². The third kappa shape index (κ3) is 3.37. The SMILES string of the molecule is Cc1ccc(N2CCN(Cc3ccccc3N)CC2)cc1. The van der Waals surface area contributed by atoms with Gasteiger partial charge in [0.05, 0.1) is 0 Å². The summed E-state index contributed by atoms with van der Waals surface area (Å²) in [6, 6.07) is 17.0. The number of para-hydroxylation sites is 1. The second-order valence-corrected chi connectivity index (χ2v) is 5.80. The number of rotatable bonds is 3. The Morgan fingerprint density at radius 1 is 0.905 bits per heavy atom. The van der Waals surface area contributed by atoms with E-state index in [-0.39, 0.29) is 0 Å². The van der Waals surface area contributed by atoms with Crippen molar-refractivity contribution >= 4 is 11.4 Å². The molecular weight excluding hydrogens is 258 g/mol. The third-order valence-corrected chi connectivity index (χ3v) is 4.22. The number of anilines is 2. The van der Waals surface area contributed by atoms with Gasteiger partial charge in [0, 0.05) is 44.1 Å². The fourth-order valence-electron chi connectivity index (χ4n) is 2.84. The maximum Gasteiger partial charge on any atom is 0.0367 e. The summed E-state index contributed by atoms with van der Waals surface area (Å²) in [4.78, 5) is 4.95. The van der Waals surface area contributed by atoms with Crippen molar-refractivity contribution in [3.8, 4) is 0 Å². The molecule has 1 aliphatic rings. The normalized spacial score (nSPS) is 16.1. The molecule has 0 unspecified atom stereocenters. The Kier molecular flexibility index (Phi) is 4.11. The van der Waals surface area contributed by atoms with Gasteiger partial charge in [-0.3, -0.25) is 4.90 Å². The molecule has 1 saturated heterocycles. The Morgan fingerprint density at radius 2 is 1.57 bits per heavy atom. The van der Waals surface area contributed by atoms with Crippen LogP contribution >= 0.6 is 0 Å². The van der Waals surface area contributed by atoms with Gasteiger partial charge in [0.25, 0.3) is 0 Å². The first kappa shape index (κ1) is 14.0. The summed E-state index contributed by atoms with van der Waals surface area (Å²) < 4.78 is 0. The Balaban J connectivity index is 1.58. The van der Waals surface area contributed by atoms with Gasteiger partial charge in [0.15, 0.2) is 0 Å². The zero-order valence-corrected chi connectivity index (χ0v) is 12.6. The van der Waals surface area contributed by atoms with E-state index in [1.807, 2.05) is 12.1 Å². The van der Waals surface area contributed by atoms with Crippen molar-refractivity contribution in [2.45, 2.75) is 13.5 Å². The summed E-state index contributed by atoms with van der Waals surface area (Å²) >= 11 is 0. The summed E-state index contributed by atoms with van der Waals surface area (Å²) in [7, 11) is 0. The molecule has 2 aromatic rings. The first-order valence-electron chi connectivity index (χ1n) is 7.60. The highest BCUT2D eigenvalue weighted by atomic mass is 15.3. The molecule has 1 fully saturated rings. The van der Waals surface area contributed by atoms with Crippen LogP contribution in [-0.4, -0.2) is 31.1 Å². The minimum atomic E-state index is 0.901. The zero-order valence-electron chi connectivity index (χ0n) is 12.6. The lowest BCUT2D eigenvalue weighted by atomic mass is 10.1. The summed E-state index contributed by atoms with van der Waals surface area (Å²) in [6.45, 7) is 7.41. The van der Waals surface area contributed by atoms with Gasteiger partial charge in [0.2, 0.25) is 0 Å². The third-order valence-electron chi connectivity index (χ3n) is 4.22. The van der Waals surface area contributed by atoms with E-state index in [0.717, 1.165) is 38.4 Å². The van der Waals surface area contributed by atoms with E-state index >= 15 is 0 Å². The first-order valence-corrected chi connectivity index (χ1v) is 7.60. The highest BCUT2D eigenvalue weighted by Crippen LogP contribution is 2.19. The van der Waals surface area contributed by atoms with E-state index in [1.165, 1.54) is 16.8 Å². The van der Waals surface area contributed by atoms with Crippen LogP contribution in [0.1, 0.15) is 11.1 Å². The van der Waals surface area contributed by atoms with Crippen molar-refractivity contribution in [3.63, 3.8) is 0 Å². The molecule has 3 nitrogen and oxygen atoms in total. The average molecular weight is 281 g/mol. The van der Waals surface area contributed by atoms with Crippen LogP contribution in [0.2, 0.25) is 0 Å². The highest BCUT2D eigenvalue weighted by molar-refractivity contribution is 5.48. The van der Waals surface area contributed by atoms with Crippen LogP contribution in [0.25, 0.3) is 0 Å². The molecule has 0 atom stereocenters. The molecule has 21 heavy (non-hydrogen) atoms. The lowest BCUT2D eigenvalue weighted by molar-refractivity contribution is 0.250. The number of aryl methyl sites for hydroxylation is 1. The number of benzene rings is 2. The molecule has 3 heteroatoms. The summed E-state index contributed by atoms with van der Waals surface area (Å²) in [5.41, 5.74) is 10.8. The lowest BCUT2D eigenvalue weighted by Gasteiger charge is -2.36. The minimum absolute atomic E-state index is 0.901. The largest absolute Gasteiger partial charge is 0.398 e. The predicted molar refractivity (Wildman–Crippen MR) is 89.5 cm³/mol. The van der Waals surface area contributed by atoms with E-state index in [2.05, 4.69) is 53.1 Å². The number of nitrogens with zero attached hydrogens (tertiary/aromatic N) is 2. The molecule has 2 aromatic carbocycles. The maximum atomic E-state index is 6.03. The summed E-state index contributed by atoms with van der Waals surface area (Å²) in [5.74, 6) is 0. The van der Waals surface area contributed by atoms with Gasteiger partial charge >= 0.3 is 0 Å². The molecular formula is C18H23N3. The van der Waals surface area contributed by atoms with Gasteiger partial charge in [-0.15, -0.1) is 0 Å². The molecule has 3 rings (SSSR count). The minimum Gasteiger partial charge on any atom is -0.398 e. The Labute approximate surface area is 127 Å². The van der Waals surface area contributed by atoms with Crippen molar-refractivity contribution in [2.24, 2.45) is 0 Å². The van der Waals surface area contributed by atoms with Crippen LogP contribution in [0.3, 0.4) is 0 Å². The van der Waals surface area contributed by atoms with Crippen molar-refractivity contribution in [1.82, 2.24) is 4.90 Å². The smallest absolute Gasteiger partial charge is 0.0367 e. The Morgan fingerprint density at radius 3 is 2.24 bits per heavy atom. The van der Waals surface area contributed by atoms with Crippen molar-refractivity contribution in [1.29, 1.82) is 0 Å². The van der Waals surface area contributed by atoms with E-state index in [0.29, 0.717) is 0 Å². The van der Waals surface area contributed by atoms with Crippen LogP contribution in [-0.2, 0) is 6.54 Å². The second-order valence-electron chi connectivity index (χ2n) is 5.80. The first-order chi connectivity index (χ1) is 10.2. The topological polar surface area (TPSA) is 32.5 Å². The van der Waals surface area contributed by atoms with Gasteiger partial charge in [-0.2, -0.15) is 0 Å². The molecule has 0 aliphatic carbocycles. The molecule has 1 heterocycles. The molecule has 0 saturated carbocycles. The van der Waals surface area contributed by atoms with Crippen LogP contribution < -0.4 is 10.6 Å². The van der Waals surface area contributed by atoms with Gasteiger partial charge in [-0.25, -0.2) is 0 Å². The molecule has 0 aromatic heterocycles. The fourth-order valence-corrected chi connectivity index (χ4v) is 2.84. The number of hydrogen-bond acceptors (Lipinski definition) is 3. The van der Waals surface area contributed by atoms with Crippen molar-refractivity contribution in [3.05, 3.63) is 59.7 Å². The summed E-state index contributed by atoms with van der Waals surface area (Å²) in [5, 5.41) is 0. The van der Waals surface area contributed by atoms with Crippen molar-refractivity contribution < 1.29 is 0 Å². The molecule has 110 valence electrons. The summed E-state index contributed by atoms with van der Waals surface area (Å²) in [6.07, 6.45) is 0. The zero-order chi connectivity index (χ0) is 14.7. The van der Waals surface area contributed by atoms with E-state index < -0.39 is 0 Å². The molecule has 2 N–H and O–H groups in total. The van der Waals surface area contributed by atoms with Gasteiger partial charge < -0.3 is 10.6 Å². The highest BCUT2D eigenvalue weighted by Gasteiger charge is 2.17. The average Bonchev–Trinajstić information content (AvgIpc) is 2.51. The molecule has 0 bridgehead atoms. The quantitative estimate of drug-likeness (QED) is 0.878. The molecule has 1 aliphatic heterocycles. The van der Waals surface area contributed by atoms with Crippen LogP contribution in [0.15, 0.2) is 48.5 Å². The van der Waals surface area contributed by atoms with Gasteiger partial charge in [-0.05, 0) is 30.7 Å². The predicted octanol–water partition coefficient (Wildman–Crippen LogP) is 2.90. The molecule has 0 radical (unpaired) electrons. The van der Waals surface area contributed by atoms with E-state index in [4.69, 9.17) is 5.73 Å². The monoisotopic (exact) mass is 281 g/mol. The van der Waals surface area contributed by atoms with E-state index in [9.17, 15) is 0 Å². The van der Waals surface area contributed by atoms with E-state index in [1.54, 1.807) is 0 Å². The van der Waals surface area contributed by atoms with Crippen LogP contribution in [0.4, 0.5) is 11.4 Å². The van der Waals surface area contributed by atoms with Crippen molar-refractivity contribution in [2.75, 3.05) is 36.8 Å². The Bertz CT molecular complexity index is 584. The van der Waals surface area contributed by atoms with Crippen LogP contribution in [0, 0.1) is 6.92 Å². The molecule has 0 amide bonds. The Hall–Kier alpha value is -2.00. The second kappa shape index (κ2) is 6.19. The standard InChI is InChI=1S/C18H23N3/c1-15-6-8-17(9-7-15)21-12-10-20(11-13-21)14-16-4-2-3-5-18(16)19/h2-9H,10-14,19H2,1H3.